The summed E-state index contributed by atoms with van der Waals surface area (Å²) in [4.78, 5) is 0.830. The van der Waals surface area contributed by atoms with Gasteiger partial charge in [-0.1, -0.05) is 80.6 Å². The molecule has 0 N–H and O–H groups in total. The Kier molecular flexibility index (Phi) is 7.78. The van der Waals surface area contributed by atoms with Crippen LogP contribution in [0.25, 0.3) is 0 Å². The summed E-state index contributed by atoms with van der Waals surface area (Å²) >= 11 is 3.77. The van der Waals surface area contributed by atoms with Gasteiger partial charge in [0.05, 0.1) is 0 Å². The van der Waals surface area contributed by atoms with E-state index in [1.807, 2.05) is 0 Å². The third-order valence-corrected chi connectivity index (χ3v) is 4.52. The van der Waals surface area contributed by atoms with Crippen molar-refractivity contribution in [3.63, 3.8) is 0 Å². The standard InChI is InChI=1S/C14H27Br/c1-2-3-4-5-6-7-9-13-10-8-11-14(15)12-13/h13-14H,2-12H2,1H3. The van der Waals surface area contributed by atoms with Gasteiger partial charge in [0.1, 0.15) is 0 Å². The van der Waals surface area contributed by atoms with Crippen LogP contribution in [0.1, 0.15) is 77.6 Å². The maximum absolute atomic E-state index is 3.77. The molecule has 90 valence electrons. The molecule has 0 bridgehead atoms. The van der Waals surface area contributed by atoms with E-state index >= 15 is 0 Å². The summed E-state index contributed by atoms with van der Waals surface area (Å²) in [7, 11) is 0. The average Bonchev–Trinajstić information content (AvgIpc) is 2.23. The van der Waals surface area contributed by atoms with E-state index in [1.54, 1.807) is 0 Å². The third kappa shape index (κ3) is 6.60. The monoisotopic (exact) mass is 274 g/mol. The molecular formula is C14H27Br. The van der Waals surface area contributed by atoms with Crippen LogP contribution in [0.5, 0.6) is 0 Å². The lowest BCUT2D eigenvalue weighted by molar-refractivity contribution is 0.337. The third-order valence-electron chi connectivity index (χ3n) is 3.68. The van der Waals surface area contributed by atoms with Crippen LogP contribution in [-0.4, -0.2) is 4.83 Å². The molecular weight excluding hydrogens is 248 g/mol. The van der Waals surface area contributed by atoms with Gasteiger partial charge >= 0.3 is 0 Å². The van der Waals surface area contributed by atoms with Crippen molar-refractivity contribution < 1.29 is 0 Å². The number of hydrogen-bond donors (Lipinski definition) is 0. The van der Waals surface area contributed by atoms with E-state index in [2.05, 4.69) is 22.9 Å². The maximum Gasteiger partial charge on any atom is 0.0148 e. The molecule has 0 aromatic carbocycles. The van der Waals surface area contributed by atoms with Crippen LogP contribution < -0.4 is 0 Å². The van der Waals surface area contributed by atoms with Crippen molar-refractivity contribution in [2.24, 2.45) is 5.92 Å². The molecule has 0 aliphatic heterocycles. The van der Waals surface area contributed by atoms with Gasteiger partial charge in [-0.15, -0.1) is 0 Å². The second kappa shape index (κ2) is 8.61. The lowest BCUT2D eigenvalue weighted by Gasteiger charge is -2.25. The van der Waals surface area contributed by atoms with Crippen LogP contribution in [-0.2, 0) is 0 Å². The molecule has 0 aromatic heterocycles. The summed E-state index contributed by atoms with van der Waals surface area (Å²) in [6.45, 7) is 2.29. The Hall–Kier alpha value is 0.480. The minimum atomic E-state index is 0.830. The lowest BCUT2D eigenvalue weighted by atomic mass is 9.85. The van der Waals surface area contributed by atoms with Crippen molar-refractivity contribution in [3.8, 4) is 0 Å². The molecule has 0 aromatic rings. The van der Waals surface area contributed by atoms with Crippen LogP contribution in [0, 0.1) is 5.92 Å². The number of alkyl halides is 1. The minimum Gasteiger partial charge on any atom is -0.0891 e. The molecule has 0 radical (unpaired) electrons. The molecule has 2 unspecified atom stereocenters. The topological polar surface area (TPSA) is 0 Å². The van der Waals surface area contributed by atoms with Gasteiger partial charge in [-0.3, -0.25) is 0 Å². The zero-order valence-corrected chi connectivity index (χ0v) is 11.9. The van der Waals surface area contributed by atoms with Crippen LogP contribution in [0.15, 0.2) is 0 Å². The Morgan fingerprint density at radius 1 is 1.00 bits per heavy atom. The van der Waals surface area contributed by atoms with Crippen molar-refractivity contribution in [2.45, 2.75) is 82.4 Å². The van der Waals surface area contributed by atoms with E-state index < -0.39 is 0 Å². The molecule has 1 fully saturated rings. The highest BCUT2D eigenvalue weighted by Gasteiger charge is 2.18. The van der Waals surface area contributed by atoms with Crippen LogP contribution >= 0.6 is 15.9 Å². The molecule has 1 heteroatoms. The molecule has 1 saturated carbocycles. The van der Waals surface area contributed by atoms with Gasteiger partial charge in [0.25, 0.3) is 0 Å². The largest absolute Gasteiger partial charge is 0.0891 e. The summed E-state index contributed by atoms with van der Waals surface area (Å²) < 4.78 is 0. The first kappa shape index (κ1) is 13.5. The first-order valence-corrected chi connectivity index (χ1v) is 7.88. The summed E-state index contributed by atoms with van der Waals surface area (Å²) in [6, 6.07) is 0. The van der Waals surface area contributed by atoms with E-state index in [1.165, 1.54) is 70.6 Å². The zero-order chi connectivity index (χ0) is 10.9. The number of unbranched alkanes of at least 4 members (excludes halogenated alkanes) is 5. The molecule has 1 rings (SSSR count). The molecule has 15 heavy (non-hydrogen) atoms. The fourth-order valence-corrected chi connectivity index (χ4v) is 3.55. The maximum atomic E-state index is 3.77. The van der Waals surface area contributed by atoms with Gasteiger partial charge in [0, 0.05) is 4.83 Å². The van der Waals surface area contributed by atoms with Crippen molar-refractivity contribution in [1.82, 2.24) is 0 Å². The van der Waals surface area contributed by atoms with E-state index in [0.717, 1.165) is 10.7 Å². The molecule has 0 nitrogen and oxygen atoms in total. The highest BCUT2D eigenvalue weighted by Crippen LogP contribution is 2.32. The lowest BCUT2D eigenvalue weighted by Crippen LogP contribution is -2.14. The highest BCUT2D eigenvalue weighted by molar-refractivity contribution is 9.09. The van der Waals surface area contributed by atoms with Gasteiger partial charge in [-0.25, -0.2) is 0 Å². The summed E-state index contributed by atoms with van der Waals surface area (Å²) in [5.41, 5.74) is 0. The first-order valence-electron chi connectivity index (χ1n) is 6.97. The minimum absolute atomic E-state index is 0.830. The fraction of sp³-hybridized carbons (Fsp3) is 1.00. The van der Waals surface area contributed by atoms with E-state index in [0.29, 0.717) is 0 Å². The summed E-state index contributed by atoms with van der Waals surface area (Å²) in [5.74, 6) is 1.04. The SMILES string of the molecule is CCCCCCCCC1CCCC(Br)C1. The second-order valence-corrected chi connectivity index (χ2v) is 6.48. The van der Waals surface area contributed by atoms with Gasteiger partial charge in [0.15, 0.2) is 0 Å². The molecule has 0 heterocycles. The van der Waals surface area contributed by atoms with Gasteiger partial charge in [-0.2, -0.15) is 0 Å². The molecule has 0 amide bonds. The van der Waals surface area contributed by atoms with Crippen molar-refractivity contribution in [1.29, 1.82) is 0 Å². The van der Waals surface area contributed by atoms with Crippen LogP contribution in [0.4, 0.5) is 0 Å². The Labute approximate surface area is 104 Å². The molecule has 2 atom stereocenters. The molecule has 0 spiro atoms. The summed E-state index contributed by atoms with van der Waals surface area (Å²) in [5, 5.41) is 0. The fourth-order valence-electron chi connectivity index (χ4n) is 2.70. The molecule has 1 aliphatic rings. The van der Waals surface area contributed by atoms with E-state index in [4.69, 9.17) is 0 Å². The van der Waals surface area contributed by atoms with Gasteiger partial charge < -0.3 is 0 Å². The Balaban J connectivity index is 1.90. The first-order chi connectivity index (χ1) is 7.33. The Morgan fingerprint density at radius 2 is 1.73 bits per heavy atom. The van der Waals surface area contributed by atoms with Crippen molar-refractivity contribution in [2.75, 3.05) is 0 Å². The predicted octanol–water partition coefficient (Wildman–Crippen LogP) is 5.69. The number of rotatable bonds is 7. The van der Waals surface area contributed by atoms with E-state index in [-0.39, 0.29) is 0 Å². The predicted molar refractivity (Wildman–Crippen MR) is 72.7 cm³/mol. The van der Waals surface area contributed by atoms with Crippen LogP contribution in [0.2, 0.25) is 0 Å². The molecule has 0 saturated heterocycles. The quantitative estimate of drug-likeness (QED) is 0.413. The van der Waals surface area contributed by atoms with Crippen molar-refractivity contribution >= 4 is 15.9 Å². The Bertz CT molecular complexity index is 144. The van der Waals surface area contributed by atoms with Gasteiger partial charge in [0.2, 0.25) is 0 Å². The van der Waals surface area contributed by atoms with Crippen LogP contribution in [0.3, 0.4) is 0 Å². The smallest absolute Gasteiger partial charge is 0.0148 e. The highest BCUT2D eigenvalue weighted by atomic mass is 79.9. The normalized spacial score (nSPS) is 26.8. The van der Waals surface area contributed by atoms with E-state index in [9.17, 15) is 0 Å². The average molecular weight is 275 g/mol. The zero-order valence-electron chi connectivity index (χ0n) is 10.3. The Morgan fingerprint density at radius 3 is 2.47 bits per heavy atom. The van der Waals surface area contributed by atoms with Gasteiger partial charge in [-0.05, 0) is 18.8 Å². The number of halogens is 1. The number of hydrogen-bond acceptors (Lipinski definition) is 0. The summed E-state index contributed by atoms with van der Waals surface area (Å²) in [6.07, 6.45) is 16.0. The second-order valence-electron chi connectivity index (χ2n) is 5.19. The molecule has 1 aliphatic carbocycles. The van der Waals surface area contributed by atoms with Crippen molar-refractivity contribution in [3.05, 3.63) is 0 Å².